The minimum atomic E-state index is -4.05. The Morgan fingerprint density at radius 2 is 1.23 bits per heavy atom. The van der Waals surface area contributed by atoms with E-state index < -0.39 is 17.6 Å². The van der Waals surface area contributed by atoms with Crippen molar-refractivity contribution < 1.29 is 13.0 Å². The molecule has 2 aromatic heterocycles. The molecule has 0 aliphatic heterocycles. The first-order valence-corrected chi connectivity index (χ1v) is 10.7. The van der Waals surface area contributed by atoms with Gasteiger partial charge in [0.2, 0.25) is 10.0 Å². The molecule has 2 heterocycles. The molecule has 0 saturated carbocycles. The Balaban J connectivity index is 1.93. The third-order valence-electron chi connectivity index (χ3n) is 3.18. The van der Waals surface area contributed by atoms with Gasteiger partial charge in [0.05, 0.1) is 4.90 Å². The monoisotopic (exact) mass is 389 g/mol. The molecule has 8 nitrogen and oxygen atoms in total. The van der Waals surface area contributed by atoms with E-state index in [-0.39, 0.29) is 16.5 Å². The Bertz CT molecular complexity index is 956. The van der Waals surface area contributed by atoms with Crippen LogP contribution < -0.4 is 14.7 Å². The molecule has 0 aliphatic carbocycles. The molecule has 0 saturated heterocycles. The molecule has 0 spiro atoms. The summed E-state index contributed by atoms with van der Waals surface area (Å²) >= 11 is 0. The van der Waals surface area contributed by atoms with Gasteiger partial charge < -0.3 is 0 Å². The maximum atomic E-state index is 13.3. The van der Waals surface area contributed by atoms with E-state index in [0.717, 1.165) is 0 Å². The van der Waals surface area contributed by atoms with Gasteiger partial charge in [0.25, 0.3) is 0 Å². The van der Waals surface area contributed by atoms with Crippen LogP contribution in [-0.2, 0) is 14.6 Å². The first-order valence-electron chi connectivity index (χ1n) is 7.55. The number of anilines is 2. The number of sulfonamides is 1. The van der Waals surface area contributed by atoms with Crippen LogP contribution in [0.4, 0.5) is 11.6 Å². The lowest BCUT2D eigenvalue weighted by Gasteiger charge is -2.22. The molecular formula is C16H16N5O3PS. The highest BCUT2D eigenvalue weighted by atomic mass is 32.2. The van der Waals surface area contributed by atoms with Crippen LogP contribution in [0.1, 0.15) is 0 Å². The number of benzene rings is 1. The molecule has 134 valence electrons. The average molecular weight is 389 g/mol. The van der Waals surface area contributed by atoms with Gasteiger partial charge in [0.1, 0.15) is 11.6 Å². The minimum Gasteiger partial charge on any atom is -0.292 e. The SMILES string of the molecule is O=P(Nc1ccccn1)(Nc1ccccn1)NS(=O)(=O)c1ccccc1. The zero-order valence-electron chi connectivity index (χ0n) is 13.5. The second kappa shape index (κ2) is 7.65. The van der Waals surface area contributed by atoms with Crippen LogP contribution in [0.3, 0.4) is 0 Å². The quantitative estimate of drug-likeness (QED) is 0.532. The van der Waals surface area contributed by atoms with Gasteiger partial charge in [-0.2, -0.15) is 0 Å². The summed E-state index contributed by atoms with van der Waals surface area (Å²) in [6.45, 7) is 0. The third kappa shape index (κ3) is 4.66. The predicted octanol–water partition coefficient (Wildman–Crippen LogP) is 3.09. The summed E-state index contributed by atoms with van der Waals surface area (Å²) in [5.41, 5.74) is 0. The van der Waals surface area contributed by atoms with Crippen molar-refractivity contribution in [1.29, 1.82) is 0 Å². The molecule has 26 heavy (non-hydrogen) atoms. The van der Waals surface area contributed by atoms with E-state index >= 15 is 0 Å². The van der Waals surface area contributed by atoms with Gasteiger partial charge >= 0.3 is 7.59 Å². The van der Waals surface area contributed by atoms with Gasteiger partial charge in [-0.15, -0.1) is 4.49 Å². The lowest BCUT2D eigenvalue weighted by atomic mass is 10.4. The maximum Gasteiger partial charge on any atom is 0.343 e. The Kier molecular flexibility index (Phi) is 5.32. The van der Waals surface area contributed by atoms with Gasteiger partial charge in [-0.3, -0.25) is 14.7 Å². The Morgan fingerprint density at radius 1 is 0.731 bits per heavy atom. The summed E-state index contributed by atoms with van der Waals surface area (Å²) in [6, 6.07) is 17.6. The number of hydrogen-bond acceptors (Lipinski definition) is 5. The van der Waals surface area contributed by atoms with Crippen LogP contribution in [0, 0.1) is 0 Å². The smallest absolute Gasteiger partial charge is 0.292 e. The minimum absolute atomic E-state index is 0.00846. The zero-order valence-corrected chi connectivity index (χ0v) is 15.2. The van der Waals surface area contributed by atoms with Crippen molar-refractivity contribution in [3.8, 4) is 0 Å². The normalized spacial score (nSPS) is 11.7. The summed E-state index contributed by atoms with van der Waals surface area (Å²) in [4.78, 5) is 8.05. The number of aromatic nitrogens is 2. The number of rotatable bonds is 7. The van der Waals surface area contributed by atoms with Gasteiger partial charge in [-0.05, 0) is 36.4 Å². The van der Waals surface area contributed by atoms with Gasteiger partial charge in [-0.25, -0.2) is 18.4 Å². The fraction of sp³-hybridized carbons (Fsp3) is 0. The van der Waals surface area contributed by atoms with Crippen LogP contribution in [0.15, 0.2) is 84.0 Å². The molecule has 10 heteroatoms. The van der Waals surface area contributed by atoms with Crippen molar-refractivity contribution in [2.24, 2.45) is 0 Å². The van der Waals surface area contributed by atoms with Gasteiger partial charge in [-0.1, -0.05) is 30.3 Å². The van der Waals surface area contributed by atoms with Crippen LogP contribution in [0.2, 0.25) is 0 Å². The fourth-order valence-electron chi connectivity index (χ4n) is 2.08. The molecular weight excluding hydrogens is 373 g/mol. The number of hydrogen-bond donors (Lipinski definition) is 3. The highest BCUT2D eigenvalue weighted by Gasteiger charge is 2.30. The molecule has 3 rings (SSSR count). The molecule has 0 atom stereocenters. The van der Waals surface area contributed by atoms with Gasteiger partial charge in [0.15, 0.2) is 0 Å². The predicted molar refractivity (Wildman–Crippen MR) is 100 cm³/mol. The van der Waals surface area contributed by atoms with Crippen molar-refractivity contribution in [3.05, 3.63) is 79.1 Å². The number of nitrogens with one attached hydrogen (secondary N) is 3. The van der Waals surface area contributed by atoms with E-state index in [1.807, 2.05) is 0 Å². The maximum absolute atomic E-state index is 13.3. The first-order chi connectivity index (χ1) is 12.5. The van der Waals surface area contributed by atoms with Crippen LogP contribution >= 0.6 is 7.59 Å². The molecule has 3 N–H and O–H groups in total. The molecule has 0 radical (unpaired) electrons. The summed E-state index contributed by atoms with van der Waals surface area (Å²) < 4.78 is 40.8. The topological polar surface area (TPSA) is 113 Å². The molecule has 1 aromatic carbocycles. The Labute approximate surface area is 151 Å². The molecule has 0 amide bonds. The van der Waals surface area contributed by atoms with Crippen molar-refractivity contribution in [2.45, 2.75) is 4.90 Å². The van der Waals surface area contributed by atoms with Crippen LogP contribution in [0.25, 0.3) is 0 Å². The fourth-order valence-corrected chi connectivity index (χ4v) is 5.70. The van der Waals surface area contributed by atoms with Crippen LogP contribution in [-0.4, -0.2) is 18.4 Å². The largest absolute Gasteiger partial charge is 0.343 e. The third-order valence-corrected chi connectivity index (χ3v) is 7.15. The highest BCUT2D eigenvalue weighted by Crippen LogP contribution is 2.42. The first kappa shape index (κ1) is 18.1. The summed E-state index contributed by atoms with van der Waals surface area (Å²) in [6.07, 6.45) is 3.00. The number of pyridine rings is 2. The van der Waals surface area contributed by atoms with E-state index in [9.17, 15) is 13.0 Å². The van der Waals surface area contributed by atoms with Crippen LogP contribution in [0.5, 0.6) is 0 Å². The zero-order chi connectivity index (χ0) is 18.5. The van der Waals surface area contributed by atoms with E-state index in [4.69, 9.17) is 0 Å². The van der Waals surface area contributed by atoms with E-state index in [1.165, 1.54) is 24.5 Å². The van der Waals surface area contributed by atoms with Crippen molar-refractivity contribution in [1.82, 2.24) is 14.5 Å². The molecule has 3 aromatic rings. The highest BCUT2D eigenvalue weighted by molar-refractivity contribution is 7.96. The Hall–Kier alpha value is -2.74. The summed E-state index contributed by atoms with van der Waals surface area (Å²) in [7, 11) is -7.96. The molecule has 0 unspecified atom stereocenters. The summed E-state index contributed by atoms with van der Waals surface area (Å²) in [5.74, 6) is 0.491. The second-order valence-corrected chi connectivity index (χ2v) is 9.04. The lowest BCUT2D eigenvalue weighted by Crippen LogP contribution is -2.28. The lowest BCUT2D eigenvalue weighted by molar-refractivity contribution is 0.571. The van der Waals surface area contributed by atoms with Gasteiger partial charge in [0, 0.05) is 12.4 Å². The molecule has 0 bridgehead atoms. The second-order valence-electron chi connectivity index (χ2n) is 5.17. The summed E-state index contributed by atoms with van der Waals surface area (Å²) in [5, 5.41) is 5.27. The average Bonchev–Trinajstić information content (AvgIpc) is 2.63. The van der Waals surface area contributed by atoms with E-state index in [0.29, 0.717) is 0 Å². The standard InChI is InChI=1S/C16H16N5O3PS/c22-25(19-15-10-4-6-12-17-15,20-16-11-5-7-13-18-16)21-26(23,24)14-8-2-1-3-9-14/h1-13H,(H3,17,18,19,20,21,22). The van der Waals surface area contributed by atoms with E-state index in [2.05, 4.69) is 24.6 Å². The van der Waals surface area contributed by atoms with Crippen molar-refractivity contribution in [3.63, 3.8) is 0 Å². The number of nitrogens with zero attached hydrogens (tertiary/aromatic N) is 2. The molecule has 0 aliphatic rings. The molecule has 0 fully saturated rings. The van der Waals surface area contributed by atoms with Crippen molar-refractivity contribution >= 4 is 29.3 Å². The van der Waals surface area contributed by atoms with E-state index in [1.54, 1.807) is 54.6 Å². The van der Waals surface area contributed by atoms with Crippen molar-refractivity contribution in [2.75, 3.05) is 10.2 Å². The Morgan fingerprint density at radius 3 is 1.69 bits per heavy atom.